The van der Waals surface area contributed by atoms with Crippen LogP contribution in [0.3, 0.4) is 0 Å². The number of rotatable bonds is 5. The number of anilines is 2. The van der Waals surface area contributed by atoms with Crippen molar-refractivity contribution in [3.8, 4) is 11.5 Å². The molecule has 0 bridgehead atoms. The summed E-state index contributed by atoms with van der Waals surface area (Å²) in [6, 6.07) is 14.1. The standard InChI is InChI=1S/C20H19N5O4/c1-28-14-8-13(9-15(10-14)29-2)18(27)22-19-23-20-21-17(26)11-16(25(20)24-19)12-6-4-3-5-7-12/h3-10,16H,11H2,1-2H3,(H2,21,22,23,24,26,27)/t16-/m1/s1. The Morgan fingerprint density at radius 3 is 2.48 bits per heavy atom. The summed E-state index contributed by atoms with van der Waals surface area (Å²) >= 11 is 0. The van der Waals surface area contributed by atoms with Crippen molar-refractivity contribution in [2.45, 2.75) is 12.5 Å². The van der Waals surface area contributed by atoms with Crippen LogP contribution in [0.4, 0.5) is 11.9 Å². The van der Waals surface area contributed by atoms with Gasteiger partial charge in [0.05, 0.1) is 26.7 Å². The predicted octanol–water partition coefficient (Wildman–Crippen LogP) is 2.48. The van der Waals surface area contributed by atoms with E-state index in [2.05, 4.69) is 20.7 Å². The van der Waals surface area contributed by atoms with Crippen molar-refractivity contribution >= 4 is 23.7 Å². The fraction of sp³-hybridized carbons (Fsp3) is 0.200. The molecule has 0 unspecified atom stereocenters. The molecule has 0 saturated carbocycles. The molecule has 0 saturated heterocycles. The van der Waals surface area contributed by atoms with Gasteiger partial charge in [-0.2, -0.15) is 4.98 Å². The molecule has 4 rings (SSSR count). The zero-order valence-corrected chi connectivity index (χ0v) is 15.9. The number of amides is 2. The molecule has 0 spiro atoms. The second-order valence-corrected chi connectivity index (χ2v) is 6.44. The molecule has 2 amide bonds. The van der Waals surface area contributed by atoms with E-state index in [4.69, 9.17) is 9.47 Å². The Hall–Kier alpha value is -3.88. The molecule has 2 aromatic carbocycles. The number of nitrogens with one attached hydrogen (secondary N) is 2. The van der Waals surface area contributed by atoms with Crippen molar-refractivity contribution in [1.82, 2.24) is 14.8 Å². The highest BCUT2D eigenvalue weighted by molar-refractivity contribution is 6.04. The lowest BCUT2D eigenvalue weighted by Crippen LogP contribution is -2.29. The molecule has 29 heavy (non-hydrogen) atoms. The molecule has 0 radical (unpaired) electrons. The molecule has 148 valence electrons. The Labute approximate surface area is 166 Å². The average Bonchev–Trinajstić information content (AvgIpc) is 3.15. The van der Waals surface area contributed by atoms with E-state index in [0.717, 1.165) is 5.56 Å². The van der Waals surface area contributed by atoms with Gasteiger partial charge in [-0.25, -0.2) is 4.68 Å². The van der Waals surface area contributed by atoms with Gasteiger partial charge in [0.25, 0.3) is 11.9 Å². The predicted molar refractivity (Wildman–Crippen MR) is 105 cm³/mol. The number of benzene rings is 2. The van der Waals surface area contributed by atoms with Gasteiger partial charge in [0.2, 0.25) is 11.9 Å². The molecule has 9 heteroatoms. The second-order valence-electron chi connectivity index (χ2n) is 6.44. The third kappa shape index (κ3) is 3.75. The first-order valence-corrected chi connectivity index (χ1v) is 8.93. The Bertz CT molecular complexity index is 1040. The van der Waals surface area contributed by atoms with Crippen LogP contribution in [0.1, 0.15) is 28.4 Å². The molecule has 1 aliphatic heterocycles. The third-order valence-electron chi connectivity index (χ3n) is 4.58. The molecular formula is C20H19N5O4. The summed E-state index contributed by atoms with van der Waals surface area (Å²) < 4.78 is 12.0. The Balaban J connectivity index is 1.62. The van der Waals surface area contributed by atoms with Gasteiger partial charge in [-0.1, -0.05) is 30.3 Å². The Morgan fingerprint density at radius 2 is 1.83 bits per heavy atom. The van der Waals surface area contributed by atoms with Crippen LogP contribution in [0.2, 0.25) is 0 Å². The molecule has 3 aromatic rings. The van der Waals surface area contributed by atoms with Crippen molar-refractivity contribution in [3.05, 3.63) is 59.7 Å². The summed E-state index contributed by atoms with van der Waals surface area (Å²) in [5, 5.41) is 9.74. The topological polar surface area (TPSA) is 107 Å². The molecule has 1 aromatic heterocycles. The van der Waals surface area contributed by atoms with Gasteiger partial charge < -0.3 is 9.47 Å². The van der Waals surface area contributed by atoms with Crippen LogP contribution in [0, 0.1) is 0 Å². The lowest BCUT2D eigenvalue weighted by atomic mass is 10.0. The van der Waals surface area contributed by atoms with Gasteiger partial charge in [0, 0.05) is 11.6 Å². The van der Waals surface area contributed by atoms with Crippen LogP contribution in [0.15, 0.2) is 48.5 Å². The highest BCUT2D eigenvalue weighted by atomic mass is 16.5. The maximum atomic E-state index is 12.7. The molecule has 0 aliphatic carbocycles. The second kappa shape index (κ2) is 7.63. The minimum absolute atomic E-state index is 0.0925. The SMILES string of the molecule is COc1cc(OC)cc(C(=O)Nc2nc3n(n2)[C@@H](c2ccccc2)CC(=O)N3)c1. The fourth-order valence-corrected chi connectivity index (χ4v) is 3.16. The first kappa shape index (κ1) is 18.5. The first-order valence-electron chi connectivity index (χ1n) is 8.93. The average molecular weight is 393 g/mol. The highest BCUT2D eigenvalue weighted by Crippen LogP contribution is 2.30. The zero-order valence-electron chi connectivity index (χ0n) is 15.9. The van der Waals surface area contributed by atoms with Crippen LogP contribution in [0.5, 0.6) is 11.5 Å². The number of fused-ring (bicyclic) bond motifs is 1. The molecule has 2 heterocycles. The van der Waals surface area contributed by atoms with E-state index in [1.165, 1.54) is 14.2 Å². The smallest absolute Gasteiger partial charge is 0.258 e. The highest BCUT2D eigenvalue weighted by Gasteiger charge is 2.29. The van der Waals surface area contributed by atoms with E-state index in [9.17, 15) is 9.59 Å². The van der Waals surface area contributed by atoms with E-state index >= 15 is 0 Å². The maximum Gasteiger partial charge on any atom is 0.258 e. The summed E-state index contributed by atoms with van der Waals surface area (Å²) in [5.74, 6) is 0.774. The first-order chi connectivity index (χ1) is 14.1. The summed E-state index contributed by atoms with van der Waals surface area (Å²) in [7, 11) is 3.02. The Kier molecular flexibility index (Phi) is 4.86. The largest absolute Gasteiger partial charge is 0.497 e. The lowest BCUT2D eigenvalue weighted by Gasteiger charge is -2.23. The van der Waals surface area contributed by atoms with E-state index in [1.54, 1.807) is 22.9 Å². The lowest BCUT2D eigenvalue weighted by molar-refractivity contribution is -0.117. The van der Waals surface area contributed by atoms with E-state index in [0.29, 0.717) is 17.1 Å². The van der Waals surface area contributed by atoms with Crippen molar-refractivity contribution in [2.24, 2.45) is 0 Å². The number of carbonyl (C=O) groups is 2. The van der Waals surface area contributed by atoms with Gasteiger partial charge in [0.1, 0.15) is 11.5 Å². The zero-order chi connectivity index (χ0) is 20.4. The maximum absolute atomic E-state index is 12.7. The molecule has 9 nitrogen and oxygen atoms in total. The number of nitrogens with zero attached hydrogens (tertiary/aromatic N) is 3. The molecular weight excluding hydrogens is 374 g/mol. The molecule has 1 aliphatic rings. The van der Waals surface area contributed by atoms with Gasteiger partial charge in [0.15, 0.2) is 0 Å². The van der Waals surface area contributed by atoms with E-state index < -0.39 is 5.91 Å². The number of aromatic nitrogens is 3. The Morgan fingerprint density at radius 1 is 1.14 bits per heavy atom. The van der Waals surface area contributed by atoms with Crippen LogP contribution in [-0.2, 0) is 4.79 Å². The van der Waals surface area contributed by atoms with Gasteiger partial charge in [-0.15, -0.1) is 5.10 Å². The molecule has 2 N–H and O–H groups in total. The minimum Gasteiger partial charge on any atom is -0.497 e. The number of carbonyl (C=O) groups excluding carboxylic acids is 2. The number of methoxy groups -OCH3 is 2. The summed E-state index contributed by atoms with van der Waals surface area (Å²) in [5.41, 5.74) is 1.27. The monoisotopic (exact) mass is 393 g/mol. The van der Waals surface area contributed by atoms with Crippen molar-refractivity contribution < 1.29 is 19.1 Å². The third-order valence-corrected chi connectivity index (χ3v) is 4.58. The quantitative estimate of drug-likeness (QED) is 0.690. The van der Waals surface area contributed by atoms with Crippen LogP contribution in [-0.4, -0.2) is 40.8 Å². The van der Waals surface area contributed by atoms with Gasteiger partial charge >= 0.3 is 0 Å². The number of hydrogen-bond donors (Lipinski definition) is 2. The van der Waals surface area contributed by atoms with Crippen LogP contribution in [0.25, 0.3) is 0 Å². The van der Waals surface area contributed by atoms with Crippen LogP contribution < -0.4 is 20.1 Å². The van der Waals surface area contributed by atoms with Crippen molar-refractivity contribution in [3.63, 3.8) is 0 Å². The summed E-state index contributed by atoms with van der Waals surface area (Å²) in [6.07, 6.45) is 0.237. The summed E-state index contributed by atoms with van der Waals surface area (Å²) in [6.45, 7) is 0. The fourth-order valence-electron chi connectivity index (χ4n) is 3.16. The van der Waals surface area contributed by atoms with Crippen molar-refractivity contribution in [1.29, 1.82) is 0 Å². The van der Waals surface area contributed by atoms with Gasteiger partial charge in [-0.3, -0.25) is 20.2 Å². The van der Waals surface area contributed by atoms with Crippen molar-refractivity contribution in [2.75, 3.05) is 24.9 Å². The summed E-state index contributed by atoms with van der Waals surface area (Å²) in [4.78, 5) is 29.0. The van der Waals surface area contributed by atoms with Gasteiger partial charge in [-0.05, 0) is 17.7 Å². The normalized spacial score (nSPS) is 15.2. The number of ether oxygens (including phenoxy) is 2. The number of hydrogen-bond acceptors (Lipinski definition) is 6. The van der Waals surface area contributed by atoms with E-state index in [-0.39, 0.29) is 30.3 Å². The molecule has 0 fully saturated rings. The minimum atomic E-state index is -0.423. The van der Waals surface area contributed by atoms with Crippen LogP contribution >= 0.6 is 0 Å². The van der Waals surface area contributed by atoms with E-state index in [1.807, 2.05) is 30.3 Å². The molecule has 1 atom stereocenters.